The minimum absolute atomic E-state index is 0.0493. The number of unbranched alkanes of at least 4 members (excludes halogenated alkanes) is 3. The van der Waals surface area contributed by atoms with E-state index in [0.717, 1.165) is 53.1 Å². The van der Waals surface area contributed by atoms with Crippen LogP contribution >= 0.6 is 9.24 Å². The smallest absolute Gasteiger partial charge is 0.126 e. The van der Waals surface area contributed by atoms with Gasteiger partial charge in [-0.3, -0.25) is 0 Å². The summed E-state index contributed by atoms with van der Waals surface area (Å²) in [5, 5.41) is 0. The van der Waals surface area contributed by atoms with Gasteiger partial charge in [0.25, 0.3) is 0 Å². The van der Waals surface area contributed by atoms with E-state index in [4.69, 9.17) is 18.9 Å². The Morgan fingerprint density at radius 2 is 1.04 bits per heavy atom. The van der Waals surface area contributed by atoms with Gasteiger partial charge in [0.2, 0.25) is 0 Å². The van der Waals surface area contributed by atoms with E-state index in [-0.39, 0.29) is 5.92 Å². The normalized spacial score (nSPS) is 10.8. The SMILES string of the molecule is COc1cccc(OC)c1C(CCCCCCP)c1c(OC)cccc1OC. The number of benzene rings is 2. The maximum atomic E-state index is 5.72. The van der Waals surface area contributed by atoms with Crippen molar-refractivity contribution < 1.29 is 18.9 Å². The van der Waals surface area contributed by atoms with E-state index in [2.05, 4.69) is 9.24 Å². The Balaban J connectivity index is 2.54. The molecule has 2 rings (SSSR count). The second-order valence-corrected chi connectivity index (χ2v) is 7.27. The van der Waals surface area contributed by atoms with Crippen LogP contribution in [0.25, 0.3) is 0 Å². The first-order valence-corrected chi connectivity index (χ1v) is 10.6. The van der Waals surface area contributed by atoms with Crippen molar-refractivity contribution in [2.45, 2.75) is 38.0 Å². The summed E-state index contributed by atoms with van der Waals surface area (Å²) < 4.78 is 22.9. The average molecular weight is 404 g/mol. The Hall–Kier alpha value is -1.93. The Morgan fingerprint density at radius 3 is 1.39 bits per heavy atom. The molecular weight excluding hydrogens is 371 g/mol. The van der Waals surface area contributed by atoms with Crippen LogP contribution in [0.2, 0.25) is 0 Å². The molecule has 0 aliphatic rings. The van der Waals surface area contributed by atoms with Crippen molar-refractivity contribution in [1.82, 2.24) is 0 Å². The van der Waals surface area contributed by atoms with Crippen LogP contribution in [0, 0.1) is 0 Å². The Labute approximate surface area is 171 Å². The fourth-order valence-corrected chi connectivity index (χ4v) is 4.01. The van der Waals surface area contributed by atoms with E-state index in [9.17, 15) is 0 Å². The fraction of sp³-hybridized carbons (Fsp3) is 0.478. The first-order chi connectivity index (χ1) is 13.7. The molecule has 0 fully saturated rings. The summed E-state index contributed by atoms with van der Waals surface area (Å²) in [6.45, 7) is 0. The van der Waals surface area contributed by atoms with Gasteiger partial charge in [0.05, 0.1) is 28.4 Å². The second kappa shape index (κ2) is 11.8. The molecule has 0 heterocycles. The maximum Gasteiger partial charge on any atom is 0.126 e. The van der Waals surface area contributed by atoms with Crippen molar-refractivity contribution in [2.24, 2.45) is 0 Å². The predicted octanol–water partition coefficient (Wildman–Crippen LogP) is 5.68. The van der Waals surface area contributed by atoms with Gasteiger partial charge in [-0.05, 0) is 43.3 Å². The highest BCUT2D eigenvalue weighted by Gasteiger charge is 2.28. The second-order valence-electron chi connectivity index (χ2n) is 6.70. The first-order valence-electron chi connectivity index (χ1n) is 9.83. The van der Waals surface area contributed by atoms with E-state index in [1.54, 1.807) is 28.4 Å². The van der Waals surface area contributed by atoms with Gasteiger partial charge in [-0.15, -0.1) is 9.24 Å². The van der Waals surface area contributed by atoms with Crippen molar-refractivity contribution in [3.8, 4) is 23.0 Å². The van der Waals surface area contributed by atoms with Crippen molar-refractivity contribution in [3.63, 3.8) is 0 Å². The summed E-state index contributed by atoms with van der Waals surface area (Å²) in [4.78, 5) is 0. The fourth-order valence-electron chi connectivity index (χ4n) is 3.73. The molecule has 0 saturated heterocycles. The summed E-state index contributed by atoms with van der Waals surface area (Å²) in [5.74, 6) is 3.34. The van der Waals surface area contributed by atoms with Gasteiger partial charge >= 0.3 is 0 Å². The van der Waals surface area contributed by atoms with Gasteiger partial charge in [0, 0.05) is 17.0 Å². The molecule has 0 aromatic heterocycles. The van der Waals surface area contributed by atoms with Crippen LogP contribution in [0.3, 0.4) is 0 Å². The highest BCUT2D eigenvalue weighted by molar-refractivity contribution is 7.16. The molecule has 0 aliphatic heterocycles. The lowest BCUT2D eigenvalue weighted by Gasteiger charge is -2.26. The number of methoxy groups -OCH3 is 4. The van der Waals surface area contributed by atoms with E-state index in [1.807, 2.05) is 36.4 Å². The van der Waals surface area contributed by atoms with Crippen molar-refractivity contribution in [1.29, 1.82) is 0 Å². The van der Waals surface area contributed by atoms with Crippen LogP contribution in [0.4, 0.5) is 0 Å². The van der Waals surface area contributed by atoms with Gasteiger partial charge in [-0.1, -0.05) is 31.4 Å². The van der Waals surface area contributed by atoms with Gasteiger partial charge in [-0.25, -0.2) is 0 Å². The van der Waals surface area contributed by atoms with Gasteiger partial charge in [-0.2, -0.15) is 0 Å². The largest absolute Gasteiger partial charge is 0.496 e. The number of ether oxygens (including phenoxy) is 4. The number of hydrogen-bond donors (Lipinski definition) is 0. The highest BCUT2D eigenvalue weighted by Crippen LogP contribution is 2.47. The quantitative estimate of drug-likeness (QED) is 0.337. The van der Waals surface area contributed by atoms with Gasteiger partial charge in [0.15, 0.2) is 0 Å². The molecular formula is C23H33O4P. The lowest BCUT2D eigenvalue weighted by molar-refractivity contribution is 0.365. The summed E-state index contributed by atoms with van der Waals surface area (Å²) >= 11 is 0. The van der Waals surface area contributed by atoms with Crippen molar-refractivity contribution >= 4 is 9.24 Å². The molecule has 1 unspecified atom stereocenters. The molecule has 0 amide bonds. The third kappa shape index (κ3) is 5.32. The molecule has 0 aliphatic carbocycles. The lowest BCUT2D eigenvalue weighted by Crippen LogP contribution is -2.09. The summed E-state index contributed by atoms with van der Waals surface area (Å²) in [7, 11) is 9.61. The molecule has 5 heteroatoms. The minimum atomic E-state index is 0.0493. The zero-order chi connectivity index (χ0) is 20.4. The summed E-state index contributed by atoms with van der Waals surface area (Å²) in [6, 6.07) is 11.9. The van der Waals surface area contributed by atoms with Crippen LogP contribution in [-0.2, 0) is 0 Å². The zero-order valence-electron chi connectivity index (χ0n) is 17.5. The standard InChI is InChI=1S/C23H33O4P/c1-24-18-12-9-13-19(25-2)22(18)17(11-7-5-6-8-16-28)23-20(26-3)14-10-15-21(23)27-4/h9-10,12-15,17H,5-8,11,16,28H2,1-4H3. The topological polar surface area (TPSA) is 36.9 Å². The van der Waals surface area contributed by atoms with Crippen LogP contribution in [0.1, 0.15) is 49.1 Å². The molecule has 0 saturated carbocycles. The van der Waals surface area contributed by atoms with Gasteiger partial charge < -0.3 is 18.9 Å². The molecule has 154 valence electrons. The molecule has 0 spiro atoms. The molecule has 2 aromatic rings. The van der Waals surface area contributed by atoms with Crippen LogP contribution < -0.4 is 18.9 Å². The number of hydrogen-bond acceptors (Lipinski definition) is 4. The van der Waals surface area contributed by atoms with E-state index < -0.39 is 0 Å². The summed E-state index contributed by atoms with van der Waals surface area (Å²) in [6.07, 6.45) is 6.90. The summed E-state index contributed by atoms with van der Waals surface area (Å²) in [5.41, 5.74) is 2.09. The van der Waals surface area contributed by atoms with Gasteiger partial charge in [0.1, 0.15) is 23.0 Å². The Bertz CT molecular complexity index is 633. The first kappa shape index (κ1) is 22.4. The maximum absolute atomic E-state index is 5.72. The molecule has 1 atom stereocenters. The van der Waals surface area contributed by atoms with E-state index in [1.165, 1.54) is 19.3 Å². The minimum Gasteiger partial charge on any atom is -0.496 e. The third-order valence-electron chi connectivity index (χ3n) is 5.08. The monoisotopic (exact) mass is 404 g/mol. The Morgan fingerprint density at radius 1 is 0.643 bits per heavy atom. The van der Waals surface area contributed by atoms with E-state index >= 15 is 0 Å². The van der Waals surface area contributed by atoms with Crippen LogP contribution in [0.5, 0.6) is 23.0 Å². The van der Waals surface area contributed by atoms with Crippen molar-refractivity contribution in [3.05, 3.63) is 47.5 Å². The van der Waals surface area contributed by atoms with Crippen molar-refractivity contribution in [2.75, 3.05) is 34.6 Å². The van der Waals surface area contributed by atoms with Crippen LogP contribution in [0.15, 0.2) is 36.4 Å². The third-order valence-corrected chi connectivity index (χ3v) is 5.48. The molecule has 0 N–H and O–H groups in total. The molecule has 2 aromatic carbocycles. The number of rotatable bonds is 12. The predicted molar refractivity (Wildman–Crippen MR) is 119 cm³/mol. The van der Waals surface area contributed by atoms with E-state index in [0.29, 0.717) is 0 Å². The molecule has 0 radical (unpaired) electrons. The zero-order valence-corrected chi connectivity index (χ0v) is 18.6. The average Bonchev–Trinajstić information content (AvgIpc) is 2.75. The molecule has 28 heavy (non-hydrogen) atoms. The lowest BCUT2D eigenvalue weighted by atomic mass is 9.84. The Kier molecular flexibility index (Phi) is 9.43. The molecule has 0 bridgehead atoms. The van der Waals surface area contributed by atoms with Crippen LogP contribution in [-0.4, -0.2) is 34.6 Å². The highest BCUT2D eigenvalue weighted by atomic mass is 31.0. The molecule has 4 nitrogen and oxygen atoms in total.